The molecule has 19 heavy (non-hydrogen) atoms. The molecule has 7 heteroatoms. The third-order valence-electron chi connectivity index (χ3n) is 3.04. The summed E-state index contributed by atoms with van der Waals surface area (Å²) in [6, 6.07) is 2.05. The molecule has 2 heterocycles. The fourth-order valence-corrected chi connectivity index (χ4v) is 3.38. The first kappa shape index (κ1) is 14.5. The van der Waals surface area contributed by atoms with Crippen LogP contribution in [0, 0.1) is 6.92 Å². The maximum Gasteiger partial charge on any atom is 0.129 e. The molecule has 0 saturated carbocycles. The number of nitrogens with one attached hydrogen (secondary N) is 1. The van der Waals surface area contributed by atoms with E-state index in [2.05, 4.69) is 26.5 Å². The lowest BCUT2D eigenvalue weighted by Crippen LogP contribution is -2.29. The van der Waals surface area contributed by atoms with Gasteiger partial charge in [-0.3, -0.25) is 16.0 Å². The first-order valence-corrected chi connectivity index (χ1v) is 7.50. The first-order chi connectivity index (χ1) is 9.06. The molecule has 5 nitrogen and oxygen atoms in total. The highest BCUT2D eigenvalue weighted by atomic mass is 79.9. The molecule has 104 valence electrons. The second kappa shape index (κ2) is 6.04. The summed E-state index contributed by atoms with van der Waals surface area (Å²) in [5, 5.41) is 6.37. The van der Waals surface area contributed by atoms with E-state index in [1.54, 1.807) is 18.4 Å². The summed E-state index contributed by atoms with van der Waals surface area (Å²) in [6.45, 7) is 1.98. The minimum atomic E-state index is 0.0417. The minimum Gasteiger partial charge on any atom is -0.496 e. The van der Waals surface area contributed by atoms with Crippen molar-refractivity contribution in [3.63, 3.8) is 0 Å². The smallest absolute Gasteiger partial charge is 0.129 e. The second-order valence-corrected chi connectivity index (χ2v) is 6.02. The highest BCUT2D eigenvalue weighted by molar-refractivity contribution is 9.10. The maximum atomic E-state index is 5.68. The lowest BCUT2D eigenvalue weighted by molar-refractivity contribution is 0.415. The van der Waals surface area contributed by atoms with Crippen LogP contribution < -0.4 is 16.0 Å². The van der Waals surface area contributed by atoms with E-state index in [-0.39, 0.29) is 6.04 Å². The van der Waals surface area contributed by atoms with Gasteiger partial charge < -0.3 is 4.74 Å². The zero-order valence-corrected chi connectivity index (χ0v) is 13.5. The predicted octanol–water partition coefficient (Wildman–Crippen LogP) is 2.31. The van der Waals surface area contributed by atoms with Crippen LogP contribution in [-0.4, -0.2) is 16.9 Å². The van der Waals surface area contributed by atoms with Gasteiger partial charge in [0.1, 0.15) is 5.75 Å². The van der Waals surface area contributed by atoms with Gasteiger partial charge in [0, 0.05) is 23.7 Å². The van der Waals surface area contributed by atoms with Crippen LogP contribution in [0.1, 0.15) is 22.3 Å². The molecule has 0 aliphatic rings. The van der Waals surface area contributed by atoms with E-state index in [4.69, 9.17) is 10.6 Å². The number of hydrogen-bond acceptors (Lipinski definition) is 5. The minimum absolute atomic E-state index is 0.0417. The van der Waals surface area contributed by atoms with Crippen molar-refractivity contribution >= 4 is 27.3 Å². The molecule has 3 N–H and O–H groups in total. The second-order valence-electron chi connectivity index (χ2n) is 4.28. The van der Waals surface area contributed by atoms with Crippen LogP contribution in [0.4, 0.5) is 0 Å². The molecular weight excluding hydrogens is 328 g/mol. The molecule has 0 spiro atoms. The van der Waals surface area contributed by atoms with Gasteiger partial charge in [-0.15, -0.1) is 11.3 Å². The number of rotatable bonds is 5. The third-order valence-corrected chi connectivity index (χ3v) is 5.09. The standard InChI is InChI=1S/C12H17BrN4OS/c1-7-12(13)10(17(2)16-7)5-9(15-14)11-4-8(18-3)6-19-11/h4,6,9,15H,5,14H2,1-3H3. The Labute approximate surface area is 124 Å². The monoisotopic (exact) mass is 344 g/mol. The molecule has 0 aliphatic carbocycles. The van der Waals surface area contributed by atoms with E-state index in [0.29, 0.717) is 0 Å². The van der Waals surface area contributed by atoms with Crippen LogP contribution in [0.25, 0.3) is 0 Å². The largest absolute Gasteiger partial charge is 0.496 e. The van der Waals surface area contributed by atoms with Gasteiger partial charge in [0.2, 0.25) is 0 Å². The number of ether oxygens (including phenoxy) is 1. The summed E-state index contributed by atoms with van der Waals surface area (Å²) in [6.07, 6.45) is 0.762. The van der Waals surface area contributed by atoms with E-state index in [9.17, 15) is 0 Å². The summed E-state index contributed by atoms with van der Waals surface area (Å²) in [5.41, 5.74) is 4.96. The third kappa shape index (κ3) is 3.00. The van der Waals surface area contributed by atoms with Crippen molar-refractivity contribution < 1.29 is 4.74 Å². The molecular formula is C12H17BrN4OS. The fraction of sp³-hybridized carbons (Fsp3) is 0.417. The lowest BCUT2D eigenvalue weighted by Gasteiger charge is -2.14. The van der Waals surface area contributed by atoms with Crippen LogP contribution in [0.15, 0.2) is 15.9 Å². The zero-order chi connectivity index (χ0) is 14.0. The Balaban J connectivity index is 2.23. The number of hydrogen-bond donors (Lipinski definition) is 2. The molecule has 0 fully saturated rings. The molecule has 1 unspecified atom stereocenters. The fourth-order valence-electron chi connectivity index (χ4n) is 1.96. The molecule has 2 aromatic rings. The van der Waals surface area contributed by atoms with E-state index in [1.807, 2.05) is 30.1 Å². The molecule has 0 saturated heterocycles. The van der Waals surface area contributed by atoms with Crippen molar-refractivity contribution in [1.82, 2.24) is 15.2 Å². The summed E-state index contributed by atoms with van der Waals surface area (Å²) in [4.78, 5) is 1.14. The number of thiophene rings is 1. The highest BCUT2D eigenvalue weighted by Crippen LogP contribution is 2.30. The molecule has 0 amide bonds. The Hall–Kier alpha value is -0.890. The number of hydrazine groups is 1. The topological polar surface area (TPSA) is 65.1 Å². The van der Waals surface area contributed by atoms with Gasteiger partial charge in [-0.25, -0.2) is 0 Å². The number of methoxy groups -OCH3 is 1. The van der Waals surface area contributed by atoms with Gasteiger partial charge in [-0.05, 0) is 28.9 Å². The molecule has 1 atom stereocenters. The Bertz CT molecular complexity index is 566. The van der Waals surface area contributed by atoms with E-state index >= 15 is 0 Å². The SMILES string of the molecule is COc1csc(C(Cc2c(Br)c(C)nn2C)NN)c1. The molecule has 0 bridgehead atoms. The van der Waals surface area contributed by atoms with Gasteiger partial charge >= 0.3 is 0 Å². The molecule has 0 radical (unpaired) electrons. The van der Waals surface area contributed by atoms with Gasteiger partial charge in [0.25, 0.3) is 0 Å². The van der Waals surface area contributed by atoms with Crippen LogP contribution in [-0.2, 0) is 13.5 Å². The van der Waals surface area contributed by atoms with Gasteiger partial charge in [-0.1, -0.05) is 0 Å². The average molecular weight is 345 g/mol. The Morgan fingerprint density at radius 1 is 1.63 bits per heavy atom. The van der Waals surface area contributed by atoms with E-state index in [1.165, 1.54) is 0 Å². The normalized spacial score (nSPS) is 12.7. The molecule has 2 aromatic heterocycles. The van der Waals surface area contributed by atoms with Crippen LogP contribution in [0.2, 0.25) is 0 Å². The zero-order valence-electron chi connectivity index (χ0n) is 11.1. The molecule has 0 aliphatic heterocycles. The molecule has 0 aromatic carbocycles. The van der Waals surface area contributed by atoms with Crippen molar-refractivity contribution in [2.45, 2.75) is 19.4 Å². The number of aromatic nitrogens is 2. The van der Waals surface area contributed by atoms with Crippen molar-refractivity contribution in [1.29, 1.82) is 0 Å². The Morgan fingerprint density at radius 3 is 2.84 bits per heavy atom. The van der Waals surface area contributed by atoms with Crippen molar-refractivity contribution in [2.24, 2.45) is 12.9 Å². The quantitative estimate of drug-likeness (QED) is 0.645. The van der Waals surface area contributed by atoms with Crippen LogP contribution >= 0.6 is 27.3 Å². The molecule has 2 rings (SSSR count). The maximum absolute atomic E-state index is 5.68. The van der Waals surface area contributed by atoms with E-state index < -0.39 is 0 Å². The Kier molecular flexibility index (Phi) is 4.62. The highest BCUT2D eigenvalue weighted by Gasteiger charge is 2.19. The number of halogens is 1. The summed E-state index contributed by atoms with van der Waals surface area (Å²) >= 11 is 5.21. The van der Waals surface area contributed by atoms with Gasteiger partial charge in [0.05, 0.1) is 29.0 Å². The number of nitrogens with zero attached hydrogens (tertiary/aromatic N) is 2. The van der Waals surface area contributed by atoms with Crippen molar-refractivity contribution in [2.75, 3.05) is 7.11 Å². The van der Waals surface area contributed by atoms with Crippen LogP contribution in [0.3, 0.4) is 0 Å². The summed E-state index contributed by atoms with van der Waals surface area (Å²) in [7, 11) is 3.60. The van der Waals surface area contributed by atoms with E-state index in [0.717, 1.165) is 32.9 Å². The summed E-state index contributed by atoms with van der Waals surface area (Å²) < 4.78 is 8.13. The number of aryl methyl sites for hydroxylation is 2. The Morgan fingerprint density at radius 2 is 2.37 bits per heavy atom. The predicted molar refractivity (Wildman–Crippen MR) is 80.3 cm³/mol. The summed E-state index contributed by atoms with van der Waals surface area (Å²) in [5.74, 6) is 6.54. The van der Waals surface area contributed by atoms with Gasteiger partial charge in [0.15, 0.2) is 0 Å². The first-order valence-electron chi connectivity index (χ1n) is 5.83. The number of nitrogens with two attached hydrogens (primary N) is 1. The van der Waals surface area contributed by atoms with Crippen LogP contribution in [0.5, 0.6) is 5.75 Å². The van der Waals surface area contributed by atoms with Crippen molar-refractivity contribution in [3.05, 3.63) is 32.2 Å². The average Bonchev–Trinajstić information content (AvgIpc) is 2.95. The van der Waals surface area contributed by atoms with Gasteiger partial charge in [-0.2, -0.15) is 5.10 Å². The van der Waals surface area contributed by atoms with Crippen molar-refractivity contribution in [3.8, 4) is 5.75 Å². The lowest BCUT2D eigenvalue weighted by atomic mass is 10.1.